The second-order valence-corrected chi connectivity index (χ2v) is 7.31. The van der Waals surface area contributed by atoms with Crippen molar-refractivity contribution in [1.29, 1.82) is 0 Å². The van der Waals surface area contributed by atoms with Gasteiger partial charge in [0.1, 0.15) is 0 Å². The zero-order valence-electron chi connectivity index (χ0n) is 15.8. The predicted molar refractivity (Wildman–Crippen MR) is 113 cm³/mol. The third kappa shape index (κ3) is 2.90. The van der Waals surface area contributed by atoms with Crippen LogP contribution in [0.5, 0.6) is 0 Å². The lowest BCUT2D eigenvalue weighted by Gasteiger charge is -2.17. The van der Waals surface area contributed by atoms with Crippen molar-refractivity contribution in [3.05, 3.63) is 95.4 Å². The second-order valence-electron chi connectivity index (χ2n) is 7.31. The Morgan fingerprint density at radius 2 is 1.46 bits per heavy atom. The Kier molecular flexibility index (Phi) is 4.51. The van der Waals surface area contributed by atoms with Crippen molar-refractivity contribution in [2.45, 2.75) is 27.2 Å². The first-order valence-electron chi connectivity index (χ1n) is 9.56. The van der Waals surface area contributed by atoms with Gasteiger partial charge in [0, 0.05) is 6.42 Å². The molecular formula is C26H25. The predicted octanol–water partition coefficient (Wildman–Crippen LogP) is 7.19. The summed E-state index contributed by atoms with van der Waals surface area (Å²) in [5.41, 5.74) is 10.9. The molecule has 0 saturated carbocycles. The lowest BCUT2D eigenvalue weighted by molar-refractivity contribution is 0.789. The van der Waals surface area contributed by atoms with E-state index in [-0.39, 0.29) is 0 Å². The van der Waals surface area contributed by atoms with E-state index in [1.165, 1.54) is 44.5 Å². The van der Waals surface area contributed by atoms with E-state index in [1.807, 2.05) is 0 Å². The maximum atomic E-state index is 2.40. The second kappa shape index (κ2) is 6.96. The fourth-order valence-corrected chi connectivity index (χ4v) is 3.87. The molecule has 1 radical (unpaired) electrons. The summed E-state index contributed by atoms with van der Waals surface area (Å²) < 4.78 is 0. The van der Waals surface area contributed by atoms with Crippen molar-refractivity contribution in [2.75, 3.05) is 0 Å². The number of benzene rings is 3. The van der Waals surface area contributed by atoms with E-state index in [0.29, 0.717) is 5.92 Å². The van der Waals surface area contributed by atoms with Crippen LogP contribution in [0.25, 0.3) is 28.3 Å². The summed E-state index contributed by atoms with van der Waals surface area (Å²) in [7, 11) is 0. The number of fused-ring (bicyclic) bond motifs is 1. The zero-order chi connectivity index (χ0) is 18.1. The van der Waals surface area contributed by atoms with Gasteiger partial charge < -0.3 is 0 Å². The van der Waals surface area contributed by atoms with Crippen LogP contribution in [0.1, 0.15) is 37.5 Å². The summed E-state index contributed by atoms with van der Waals surface area (Å²) in [5.74, 6) is 0.546. The van der Waals surface area contributed by atoms with Crippen molar-refractivity contribution in [1.82, 2.24) is 0 Å². The van der Waals surface area contributed by atoms with Crippen LogP contribution in [0.2, 0.25) is 0 Å². The van der Waals surface area contributed by atoms with Crippen LogP contribution in [0.4, 0.5) is 0 Å². The summed E-state index contributed by atoms with van der Waals surface area (Å²) in [4.78, 5) is 0. The van der Waals surface area contributed by atoms with E-state index >= 15 is 0 Å². The smallest absolute Gasteiger partial charge is 0.0167 e. The Morgan fingerprint density at radius 3 is 2.15 bits per heavy atom. The molecule has 0 N–H and O–H groups in total. The molecule has 0 unspecified atom stereocenters. The lowest BCUT2D eigenvalue weighted by Crippen LogP contribution is -1.96. The fourth-order valence-electron chi connectivity index (χ4n) is 3.87. The molecule has 26 heavy (non-hydrogen) atoms. The molecule has 1 aliphatic rings. The van der Waals surface area contributed by atoms with Gasteiger partial charge in [-0.05, 0) is 51.3 Å². The molecule has 0 atom stereocenters. The maximum absolute atomic E-state index is 2.40. The molecule has 0 nitrogen and oxygen atoms in total. The molecule has 0 saturated heterocycles. The van der Waals surface area contributed by atoms with E-state index in [2.05, 4.69) is 100.0 Å². The molecule has 0 heteroatoms. The molecular weight excluding hydrogens is 312 g/mol. The summed E-state index contributed by atoms with van der Waals surface area (Å²) in [5, 5.41) is 0. The van der Waals surface area contributed by atoms with Crippen molar-refractivity contribution in [3.8, 4) is 22.3 Å². The van der Waals surface area contributed by atoms with Crippen LogP contribution in [-0.4, -0.2) is 0 Å². The van der Waals surface area contributed by atoms with Crippen LogP contribution in [-0.2, 0) is 6.42 Å². The fraction of sp³-hybridized carbons (Fsp3) is 0.192. The third-order valence-corrected chi connectivity index (χ3v) is 5.33. The van der Waals surface area contributed by atoms with Crippen LogP contribution in [0.15, 0.2) is 72.3 Å². The quantitative estimate of drug-likeness (QED) is 0.472. The van der Waals surface area contributed by atoms with Gasteiger partial charge in [-0.1, -0.05) is 99.2 Å². The standard InChI is InChI=1S/C26H25/c1-4-19-14-15-21-16-22(18(2)3)17-25(21)26(19)24-13-9-8-12-23(24)20-10-6-5-7-11-20/h5-18H,4H2,1-3H3. The van der Waals surface area contributed by atoms with Crippen LogP contribution >= 0.6 is 0 Å². The van der Waals surface area contributed by atoms with Crippen LogP contribution in [0.3, 0.4) is 0 Å². The first-order chi connectivity index (χ1) is 12.7. The Bertz CT molecular complexity index is 959. The molecule has 3 aromatic rings. The number of rotatable bonds is 4. The van der Waals surface area contributed by atoms with Gasteiger partial charge in [0.2, 0.25) is 0 Å². The zero-order valence-corrected chi connectivity index (χ0v) is 15.8. The van der Waals surface area contributed by atoms with Crippen LogP contribution in [0, 0.1) is 12.3 Å². The molecule has 3 aromatic carbocycles. The van der Waals surface area contributed by atoms with Crippen LogP contribution < -0.4 is 0 Å². The van der Waals surface area contributed by atoms with E-state index in [9.17, 15) is 0 Å². The van der Waals surface area contributed by atoms with Crippen molar-refractivity contribution in [3.63, 3.8) is 0 Å². The minimum Gasteiger partial charge on any atom is -0.0622 e. The van der Waals surface area contributed by atoms with Gasteiger partial charge in [-0.2, -0.15) is 0 Å². The highest BCUT2D eigenvalue weighted by Gasteiger charge is 2.22. The van der Waals surface area contributed by atoms with Crippen molar-refractivity contribution < 1.29 is 0 Å². The third-order valence-electron chi connectivity index (χ3n) is 5.33. The van der Waals surface area contributed by atoms with E-state index in [4.69, 9.17) is 0 Å². The average Bonchev–Trinajstić information content (AvgIpc) is 3.12. The molecule has 0 heterocycles. The molecule has 129 valence electrons. The van der Waals surface area contributed by atoms with Crippen molar-refractivity contribution in [2.24, 2.45) is 5.92 Å². The maximum Gasteiger partial charge on any atom is 0.0167 e. The molecule has 0 bridgehead atoms. The number of aryl methyl sites for hydroxylation is 1. The Labute approximate surface area is 157 Å². The summed E-state index contributed by atoms with van der Waals surface area (Å²) in [6.45, 7) is 6.79. The summed E-state index contributed by atoms with van der Waals surface area (Å²) in [6, 6.07) is 24.1. The topological polar surface area (TPSA) is 0 Å². The van der Waals surface area contributed by atoms with E-state index in [0.717, 1.165) is 6.42 Å². The van der Waals surface area contributed by atoms with Gasteiger partial charge in [-0.3, -0.25) is 0 Å². The van der Waals surface area contributed by atoms with Gasteiger partial charge in [0.25, 0.3) is 0 Å². The lowest BCUT2D eigenvalue weighted by atomic mass is 9.87. The van der Waals surface area contributed by atoms with Gasteiger partial charge in [0.05, 0.1) is 0 Å². The van der Waals surface area contributed by atoms with Crippen molar-refractivity contribution >= 4 is 6.08 Å². The number of hydrogen-bond donors (Lipinski definition) is 0. The number of allylic oxidation sites excluding steroid dienone is 1. The Morgan fingerprint density at radius 1 is 0.769 bits per heavy atom. The first kappa shape index (κ1) is 16.8. The minimum absolute atomic E-state index is 0.546. The highest BCUT2D eigenvalue weighted by atomic mass is 14.3. The molecule has 0 spiro atoms. The summed E-state index contributed by atoms with van der Waals surface area (Å²) in [6.07, 6.45) is 5.79. The first-order valence-corrected chi connectivity index (χ1v) is 9.56. The summed E-state index contributed by atoms with van der Waals surface area (Å²) >= 11 is 0. The van der Waals surface area contributed by atoms with Gasteiger partial charge in [-0.15, -0.1) is 0 Å². The molecule has 0 fully saturated rings. The average molecular weight is 337 g/mol. The molecule has 0 aliphatic heterocycles. The monoisotopic (exact) mass is 337 g/mol. The molecule has 4 rings (SSSR count). The van der Waals surface area contributed by atoms with Gasteiger partial charge >= 0.3 is 0 Å². The normalized spacial score (nSPS) is 13.0. The molecule has 1 aliphatic carbocycles. The van der Waals surface area contributed by atoms with E-state index in [1.54, 1.807) is 0 Å². The largest absolute Gasteiger partial charge is 0.0622 e. The Balaban J connectivity index is 1.97. The molecule has 0 amide bonds. The van der Waals surface area contributed by atoms with E-state index < -0.39 is 0 Å². The highest BCUT2D eigenvalue weighted by molar-refractivity contribution is 5.92. The molecule has 0 aromatic heterocycles. The van der Waals surface area contributed by atoms with Gasteiger partial charge in [-0.25, -0.2) is 0 Å². The van der Waals surface area contributed by atoms with Gasteiger partial charge in [0.15, 0.2) is 0 Å². The highest BCUT2D eigenvalue weighted by Crippen LogP contribution is 2.42. The Hall–Kier alpha value is -2.60. The minimum atomic E-state index is 0.546. The SMILES string of the molecule is CCc1ccc2c(c1-c1ccccc1-c1ccccc1)C=C(C(C)C)[CH]2. The number of hydrogen-bond acceptors (Lipinski definition) is 0.